The molecule has 1 aromatic rings. The molecule has 1 heterocycles. The largest absolute Gasteiger partial charge is 0.472 e. The van der Waals surface area contributed by atoms with Crippen LogP contribution in [0.1, 0.15) is 24.9 Å². The van der Waals surface area contributed by atoms with Crippen molar-refractivity contribution in [3.05, 3.63) is 42.9 Å². The summed E-state index contributed by atoms with van der Waals surface area (Å²) in [7, 11) is 6.28. The van der Waals surface area contributed by atoms with Crippen LogP contribution in [-0.2, 0) is 0 Å². The molecule has 2 atom stereocenters. The molecular weight excluding hydrogens is 246 g/mol. The van der Waals surface area contributed by atoms with Crippen LogP contribution in [0.4, 0.5) is 0 Å². The van der Waals surface area contributed by atoms with Gasteiger partial charge in [-0.3, -0.25) is 0 Å². The normalized spacial score (nSPS) is 21.4. The summed E-state index contributed by atoms with van der Waals surface area (Å²) in [4.78, 5) is 5.06. The summed E-state index contributed by atoms with van der Waals surface area (Å²) in [5.41, 5.74) is 1.39. The van der Waals surface area contributed by atoms with Crippen LogP contribution in [0.5, 0.6) is 0 Å². The van der Waals surface area contributed by atoms with Crippen molar-refractivity contribution in [2.75, 3.05) is 39.8 Å². The summed E-state index contributed by atoms with van der Waals surface area (Å²) in [5, 5.41) is 2.12. The third-order valence-electron chi connectivity index (χ3n) is 4.41. The highest BCUT2D eigenvalue weighted by Gasteiger charge is 2.22. The molecule has 3 nitrogen and oxygen atoms in total. The fourth-order valence-electron chi connectivity index (χ4n) is 3.18. The molecular formula is C17H29N3. The van der Waals surface area contributed by atoms with E-state index in [1.54, 1.807) is 0 Å². The predicted octanol–water partition coefficient (Wildman–Crippen LogP) is 1.36. The van der Waals surface area contributed by atoms with E-state index in [0.29, 0.717) is 12.0 Å². The van der Waals surface area contributed by atoms with E-state index in [2.05, 4.69) is 66.5 Å². The number of likely N-dealkylation sites (N-methyl/N-ethyl adjacent to an activating group) is 1. The molecule has 0 spiro atoms. The first-order valence-corrected chi connectivity index (χ1v) is 7.79. The van der Waals surface area contributed by atoms with E-state index in [1.807, 2.05) is 0 Å². The summed E-state index contributed by atoms with van der Waals surface area (Å²) in [6.07, 6.45) is 1.29. The molecule has 0 saturated carbocycles. The van der Waals surface area contributed by atoms with Crippen molar-refractivity contribution >= 4 is 0 Å². The van der Waals surface area contributed by atoms with Crippen molar-refractivity contribution in [3.8, 4) is 0 Å². The zero-order valence-corrected chi connectivity index (χ0v) is 13.0. The second-order valence-corrected chi connectivity index (χ2v) is 6.11. The van der Waals surface area contributed by atoms with Crippen LogP contribution in [0.2, 0.25) is 0 Å². The molecule has 1 saturated heterocycles. The first kappa shape index (κ1) is 15.5. The highest BCUT2D eigenvalue weighted by Crippen LogP contribution is 2.19. The average molecular weight is 275 g/mol. The Labute approximate surface area is 124 Å². The number of nitrogens with two attached hydrogens (primary N) is 1. The fraction of sp³-hybridized carbons (Fsp3) is 0.588. The highest BCUT2D eigenvalue weighted by atomic mass is 15.2. The Kier molecular flexibility index (Phi) is 6.02. The Balaban J connectivity index is 1.93. The molecule has 112 valence electrons. The quantitative estimate of drug-likeness (QED) is 0.820. The molecule has 0 aliphatic carbocycles. The molecule has 0 bridgehead atoms. The summed E-state index contributed by atoms with van der Waals surface area (Å²) >= 11 is 0. The maximum atomic E-state index is 4.06. The number of nitrogens with zero attached hydrogens (tertiary/aromatic N) is 2. The molecule has 2 rings (SSSR count). The Hall–Kier alpha value is -0.900. The third-order valence-corrected chi connectivity index (χ3v) is 4.41. The fourth-order valence-corrected chi connectivity index (χ4v) is 3.18. The summed E-state index contributed by atoms with van der Waals surface area (Å²) in [6, 6.07) is 11.2. The third kappa shape index (κ3) is 4.30. The van der Waals surface area contributed by atoms with Gasteiger partial charge in [0.05, 0.1) is 6.04 Å². The van der Waals surface area contributed by atoms with Crippen LogP contribution >= 0.6 is 0 Å². The van der Waals surface area contributed by atoms with Gasteiger partial charge in [0, 0.05) is 31.1 Å². The van der Waals surface area contributed by atoms with Gasteiger partial charge in [-0.05, 0) is 26.6 Å². The average Bonchev–Trinajstić information content (AvgIpc) is 2.66. The minimum atomic E-state index is 0.456. The number of quaternary nitrogens is 1. The molecule has 1 aromatic carbocycles. The first-order valence-electron chi connectivity index (χ1n) is 7.79. The van der Waals surface area contributed by atoms with Gasteiger partial charge >= 0.3 is 0 Å². The maximum absolute atomic E-state index is 4.06. The monoisotopic (exact) mass is 275 g/mol. The van der Waals surface area contributed by atoms with Crippen molar-refractivity contribution in [3.63, 3.8) is 0 Å². The van der Waals surface area contributed by atoms with Gasteiger partial charge in [0.25, 0.3) is 0 Å². The van der Waals surface area contributed by atoms with Crippen LogP contribution < -0.4 is 5.32 Å². The standard InChI is InChI=1S/C17H29N3/c1-15(14-20-11-7-10-19(3)12-13-20)17(18-2)16-8-5-4-6-9-16/h4-6,8-9,15,17H,2,7,10-14,18H2,1,3H3/t15-,17+/m0/s1. The first-order chi connectivity index (χ1) is 9.70. The lowest BCUT2D eigenvalue weighted by Crippen LogP contribution is -2.80. The van der Waals surface area contributed by atoms with Crippen molar-refractivity contribution in [2.24, 2.45) is 5.92 Å². The number of hydrogen-bond acceptors (Lipinski definition) is 2. The minimum Gasteiger partial charge on any atom is -0.472 e. The van der Waals surface area contributed by atoms with Gasteiger partial charge in [0.1, 0.15) is 0 Å². The molecule has 0 amide bonds. The topological polar surface area (TPSA) is 23.1 Å². The van der Waals surface area contributed by atoms with Gasteiger partial charge in [0.2, 0.25) is 0 Å². The summed E-state index contributed by atoms with van der Waals surface area (Å²) < 4.78 is 0. The molecule has 20 heavy (non-hydrogen) atoms. The number of benzene rings is 1. The summed E-state index contributed by atoms with van der Waals surface area (Å²) in [5.74, 6) is 0.610. The van der Waals surface area contributed by atoms with Crippen LogP contribution in [0.25, 0.3) is 0 Å². The van der Waals surface area contributed by atoms with E-state index >= 15 is 0 Å². The van der Waals surface area contributed by atoms with Crippen LogP contribution in [0.15, 0.2) is 30.3 Å². The second kappa shape index (κ2) is 7.77. The minimum absolute atomic E-state index is 0.456. The summed E-state index contributed by atoms with van der Waals surface area (Å²) in [6.45, 7) is 8.37. The van der Waals surface area contributed by atoms with Crippen LogP contribution in [0, 0.1) is 13.0 Å². The molecule has 1 fully saturated rings. The lowest BCUT2D eigenvalue weighted by Gasteiger charge is -2.29. The van der Waals surface area contributed by atoms with Gasteiger partial charge in [0.15, 0.2) is 0 Å². The van der Waals surface area contributed by atoms with Gasteiger partial charge in [-0.2, -0.15) is 7.05 Å². The Bertz CT molecular complexity index is 379. The van der Waals surface area contributed by atoms with Gasteiger partial charge in [-0.25, -0.2) is 0 Å². The molecule has 0 unspecified atom stereocenters. The lowest BCUT2D eigenvalue weighted by molar-refractivity contribution is -0.648. The lowest BCUT2D eigenvalue weighted by atomic mass is 9.94. The van der Waals surface area contributed by atoms with E-state index in [4.69, 9.17) is 0 Å². The Morgan fingerprint density at radius 3 is 2.60 bits per heavy atom. The van der Waals surface area contributed by atoms with E-state index in [-0.39, 0.29) is 0 Å². The second-order valence-electron chi connectivity index (χ2n) is 6.11. The van der Waals surface area contributed by atoms with E-state index < -0.39 is 0 Å². The Morgan fingerprint density at radius 1 is 1.15 bits per heavy atom. The highest BCUT2D eigenvalue weighted by molar-refractivity contribution is 5.17. The van der Waals surface area contributed by atoms with Crippen molar-refractivity contribution in [1.29, 1.82) is 0 Å². The predicted molar refractivity (Wildman–Crippen MR) is 84.2 cm³/mol. The molecule has 0 radical (unpaired) electrons. The molecule has 2 N–H and O–H groups in total. The number of hydrogen-bond donors (Lipinski definition) is 1. The zero-order chi connectivity index (χ0) is 14.4. The zero-order valence-electron chi connectivity index (χ0n) is 13.0. The molecule has 0 aromatic heterocycles. The van der Waals surface area contributed by atoms with E-state index in [0.717, 1.165) is 0 Å². The van der Waals surface area contributed by atoms with Gasteiger partial charge in [-0.1, -0.05) is 37.3 Å². The molecule has 1 aliphatic heterocycles. The van der Waals surface area contributed by atoms with Gasteiger partial charge < -0.3 is 15.1 Å². The molecule has 1 aliphatic rings. The van der Waals surface area contributed by atoms with Gasteiger partial charge in [-0.15, -0.1) is 0 Å². The number of rotatable bonds is 5. The van der Waals surface area contributed by atoms with E-state index in [9.17, 15) is 0 Å². The maximum Gasteiger partial charge on any atom is 0.0914 e. The van der Waals surface area contributed by atoms with Crippen molar-refractivity contribution in [1.82, 2.24) is 9.80 Å². The SMILES string of the molecule is [CH2-][NH2+][C@@H](c1ccccc1)[C@@H](C)CN1CCCN(C)CC1. The van der Waals surface area contributed by atoms with Crippen LogP contribution in [-0.4, -0.2) is 49.6 Å². The Morgan fingerprint density at radius 2 is 1.90 bits per heavy atom. The van der Waals surface area contributed by atoms with Crippen molar-refractivity contribution in [2.45, 2.75) is 19.4 Å². The molecule has 3 heteroatoms. The van der Waals surface area contributed by atoms with Crippen LogP contribution in [0.3, 0.4) is 0 Å². The van der Waals surface area contributed by atoms with Crippen molar-refractivity contribution < 1.29 is 5.32 Å². The smallest absolute Gasteiger partial charge is 0.0914 e. The van der Waals surface area contributed by atoms with E-state index in [1.165, 1.54) is 44.7 Å².